The number of benzene rings is 1. The molecule has 0 radical (unpaired) electrons. The van der Waals surface area contributed by atoms with Crippen molar-refractivity contribution in [2.24, 2.45) is 10.7 Å². The predicted octanol–water partition coefficient (Wildman–Crippen LogP) is 1.72. The van der Waals surface area contributed by atoms with Gasteiger partial charge in [0.1, 0.15) is 12.4 Å². The largest absolute Gasteiger partial charge is 0.487 e. The third-order valence-electron chi connectivity index (χ3n) is 2.50. The molecular weight excluding hydrogens is 214 g/mol. The van der Waals surface area contributed by atoms with Crippen molar-refractivity contribution in [3.8, 4) is 5.75 Å². The molecule has 4 nitrogen and oxygen atoms in total. The Labute approximate surface area is 101 Å². The van der Waals surface area contributed by atoms with Gasteiger partial charge in [-0.2, -0.15) is 0 Å². The van der Waals surface area contributed by atoms with E-state index in [1.807, 2.05) is 43.5 Å². The van der Waals surface area contributed by atoms with Crippen molar-refractivity contribution >= 4 is 5.96 Å². The van der Waals surface area contributed by atoms with Crippen molar-refractivity contribution < 1.29 is 4.74 Å². The summed E-state index contributed by atoms with van der Waals surface area (Å²) < 4.78 is 5.59. The summed E-state index contributed by atoms with van der Waals surface area (Å²) in [6, 6.07) is 9.60. The minimum absolute atomic E-state index is 0.386. The Kier molecular flexibility index (Phi) is 3.14. The van der Waals surface area contributed by atoms with Gasteiger partial charge >= 0.3 is 0 Å². The lowest BCUT2D eigenvalue weighted by Crippen LogP contribution is -2.35. The molecule has 17 heavy (non-hydrogen) atoms. The maximum absolute atomic E-state index is 5.75. The van der Waals surface area contributed by atoms with E-state index >= 15 is 0 Å². The number of guanidine groups is 1. The van der Waals surface area contributed by atoms with E-state index in [4.69, 9.17) is 10.5 Å². The van der Waals surface area contributed by atoms with E-state index in [-0.39, 0.29) is 0 Å². The minimum Gasteiger partial charge on any atom is -0.487 e. The standard InChI is InChI=1S/C13H15N3O/c1-10-8-11(15-13(14)16(10)2)9-17-12-6-4-3-5-7-12/h3-8H,1,9H2,2H3,(H2,14,15). The molecule has 0 aliphatic carbocycles. The first-order valence-corrected chi connectivity index (χ1v) is 5.32. The zero-order valence-electron chi connectivity index (χ0n) is 9.76. The number of ether oxygens (including phenoxy) is 1. The summed E-state index contributed by atoms with van der Waals surface area (Å²) in [4.78, 5) is 5.95. The van der Waals surface area contributed by atoms with E-state index in [0.717, 1.165) is 17.1 Å². The van der Waals surface area contributed by atoms with Gasteiger partial charge in [0, 0.05) is 12.7 Å². The molecule has 0 bridgehead atoms. The molecule has 1 heterocycles. The van der Waals surface area contributed by atoms with Crippen molar-refractivity contribution in [3.05, 3.63) is 54.4 Å². The van der Waals surface area contributed by atoms with E-state index in [1.165, 1.54) is 0 Å². The third kappa shape index (κ3) is 2.66. The van der Waals surface area contributed by atoms with Crippen LogP contribution in [-0.4, -0.2) is 24.5 Å². The number of nitrogens with two attached hydrogens (primary N) is 1. The van der Waals surface area contributed by atoms with Gasteiger partial charge < -0.3 is 15.4 Å². The van der Waals surface area contributed by atoms with Gasteiger partial charge in [0.05, 0.1) is 5.70 Å². The molecule has 1 aromatic rings. The normalized spacial score (nSPS) is 15.4. The summed E-state index contributed by atoms with van der Waals surface area (Å²) in [6.45, 7) is 4.27. The van der Waals surface area contributed by atoms with Crippen LogP contribution in [0.5, 0.6) is 5.75 Å². The number of allylic oxidation sites excluding steroid dienone is 1. The Morgan fingerprint density at radius 3 is 2.71 bits per heavy atom. The molecule has 0 aromatic heterocycles. The molecule has 2 rings (SSSR count). The first-order chi connectivity index (χ1) is 8.16. The number of hydrogen-bond acceptors (Lipinski definition) is 4. The Bertz CT molecular complexity index is 477. The minimum atomic E-state index is 0.386. The fourth-order valence-corrected chi connectivity index (χ4v) is 1.44. The van der Waals surface area contributed by atoms with Crippen molar-refractivity contribution in [3.63, 3.8) is 0 Å². The molecule has 0 spiro atoms. The SMILES string of the molecule is C=C1C=C(COc2ccccc2)N=C(N)N1C. The first-order valence-electron chi connectivity index (χ1n) is 5.32. The topological polar surface area (TPSA) is 50.9 Å². The number of hydrogen-bond donors (Lipinski definition) is 1. The molecule has 0 fully saturated rings. The quantitative estimate of drug-likeness (QED) is 0.858. The lowest BCUT2D eigenvalue weighted by Gasteiger charge is -2.23. The van der Waals surface area contributed by atoms with Crippen LogP contribution >= 0.6 is 0 Å². The van der Waals surface area contributed by atoms with Crippen LogP contribution in [0.4, 0.5) is 0 Å². The van der Waals surface area contributed by atoms with Gasteiger partial charge in [-0.05, 0) is 18.2 Å². The number of nitrogens with zero attached hydrogens (tertiary/aromatic N) is 2. The fraction of sp³-hybridized carbons (Fsp3) is 0.154. The van der Waals surface area contributed by atoms with Gasteiger partial charge in [0.15, 0.2) is 0 Å². The summed E-state index contributed by atoms with van der Waals surface area (Å²) in [5.74, 6) is 1.25. The molecule has 0 saturated heterocycles. The van der Waals surface area contributed by atoms with Crippen LogP contribution in [-0.2, 0) is 0 Å². The smallest absolute Gasteiger partial charge is 0.200 e. The number of likely N-dealkylation sites (N-methyl/N-ethyl adjacent to an activating group) is 1. The van der Waals surface area contributed by atoms with Crippen molar-refractivity contribution in [1.82, 2.24) is 4.90 Å². The molecule has 0 unspecified atom stereocenters. The van der Waals surface area contributed by atoms with Gasteiger partial charge in [-0.3, -0.25) is 0 Å². The molecule has 0 saturated carbocycles. The lowest BCUT2D eigenvalue weighted by atomic mass is 10.3. The average Bonchev–Trinajstić information content (AvgIpc) is 2.34. The third-order valence-corrected chi connectivity index (χ3v) is 2.50. The fourth-order valence-electron chi connectivity index (χ4n) is 1.44. The van der Waals surface area contributed by atoms with E-state index in [9.17, 15) is 0 Å². The Morgan fingerprint density at radius 2 is 2.06 bits per heavy atom. The maximum Gasteiger partial charge on any atom is 0.200 e. The average molecular weight is 229 g/mol. The number of rotatable bonds is 3. The monoisotopic (exact) mass is 229 g/mol. The predicted molar refractivity (Wildman–Crippen MR) is 68.5 cm³/mol. The van der Waals surface area contributed by atoms with Crippen LogP contribution in [0.2, 0.25) is 0 Å². The van der Waals surface area contributed by atoms with Crippen LogP contribution in [0, 0.1) is 0 Å². The molecule has 4 heteroatoms. The second kappa shape index (κ2) is 4.74. The zero-order chi connectivity index (χ0) is 12.3. The maximum atomic E-state index is 5.75. The highest BCUT2D eigenvalue weighted by Gasteiger charge is 2.12. The summed E-state index contributed by atoms with van der Waals surface area (Å²) in [5.41, 5.74) is 7.33. The molecular formula is C13H15N3O. The van der Waals surface area contributed by atoms with Gasteiger partial charge in [0.2, 0.25) is 5.96 Å². The molecule has 88 valence electrons. The van der Waals surface area contributed by atoms with Crippen LogP contribution in [0.1, 0.15) is 0 Å². The molecule has 0 atom stereocenters. The van der Waals surface area contributed by atoms with E-state index in [1.54, 1.807) is 4.90 Å². The van der Waals surface area contributed by atoms with Gasteiger partial charge in [-0.15, -0.1) is 0 Å². The highest BCUT2D eigenvalue weighted by Crippen LogP contribution is 2.15. The van der Waals surface area contributed by atoms with Gasteiger partial charge in [-0.1, -0.05) is 24.8 Å². The summed E-state index contributed by atoms with van der Waals surface area (Å²) in [6.07, 6.45) is 1.86. The van der Waals surface area contributed by atoms with E-state index in [0.29, 0.717) is 12.6 Å². The molecule has 1 aliphatic rings. The Hall–Kier alpha value is -2.23. The van der Waals surface area contributed by atoms with Crippen LogP contribution < -0.4 is 10.5 Å². The van der Waals surface area contributed by atoms with Crippen molar-refractivity contribution in [2.75, 3.05) is 13.7 Å². The zero-order valence-corrected chi connectivity index (χ0v) is 9.76. The summed E-state index contributed by atoms with van der Waals surface area (Å²) >= 11 is 0. The molecule has 1 aromatic carbocycles. The Balaban J connectivity index is 2.01. The van der Waals surface area contributed by atoms with Crippen LogP contribution in [0.25, 0.3) is 0 Å². The first kappa shape index (κ1) is 11.3. The van der Waals surface area contributed by atoms with Crippen LogP contribution in [0.3, 0.4) is 0 Å². The van der Waals surface area contributed by atoms with Gasteiger partial charge in [-0.25, -0.2) is 4.99 Å². The number of para-hydroxylation sites is 1. The number of aliphatic imine (C=N–C) groups is 1. The lowest BCUT2D eigenvalue weighted by molar-refractivity contribution is 0.349. The molecule has 0 amide bonds. The highest BCUT2D eigenvalue weighted by molar-refractivity contribution is 5.82. The second-order valence-electron chi connectivity index (χ2n) is 3.76. The second-order valence-corrected chi connectivity index (χ2v) is 3.76. The summed E-state index contributed by atoms with van der Waals surface area (Å²) in [5, 5.41) is 0. The van der Waals surface area contributed by atoms with E-state index in [2.05, 4.69) is 11.6 Å². The summed E-state index contributed by atoms with van der Waals surface area (Å²) in [7, 11) is 1.83. The van der Waals surface area contributed by atoms with Crippen LogP contribution in [0.15, 0.2) is 59.4 Å². The Morgan fingerprint density at radius 1 is 1.35 bits per heavy atom. The molecule has 2 N–H and O–H groups in total. The van der Waals surface area contributed by atoms with E-state index < -0.39 is 0 Å². The van der Waals surface area contributed by atoms with Gasteiger partial charge in [0.25, 0.3) is 0 Å². The molecule has 1 aliphatic heterocycles. The van der Waals surface area contributed by atoms with Crippen molar-refractivity contribution in [2.45, 2.75) is 0 Å². The highest BCUT2D eigenvalue weighted by atomic mass is 16.5. The van der Waals surface area contributed by atoms with Crippen molar-refractivity contribution in [1.29, 1.82) is 0 Å².